The lowest BCUT2D eigenvalue weighted by Crippen LogP contribution is -2.30. The van der Waals surface area contributed by atoms with Crippen molar-refractivity contribution in [2.24, 2.45) is 5.73 Å². The van der Waals surface area contributed by atoms with Gasteiger partial charge in [-0.1, -0.05) is 23.2 Å². The Labute approximate surface area is 152 Å². The number of carbonyl (C=O) groups excluding carboxylic acids is 2. The molecular formula is C16H14Cl2N2O3S. The van der Waals surface area contributed by atoms with Gasteiger partial charge in [-0.15, -0.1) is 11.3 Å². The molecule has 2 amide bonds. The van der Waals surface area contributed by atoms with E-state index < -0.39 is 5.91 Å². The third-order valence-electron chi connectivity index (χ3n) is 3.72. The maximum absolute atomic E-state index is 12.5. The van der Waals surface area contributed by atoms with E-state index in [-0.39, 0.29) is 12.0 Å². The number of benzene rings is 1. The zero-order valence-corrected chi connectivity index (χ0v) is 14.8. The van der Waals surface area contributed by atoms with Gasteiger partial charge in [0.25, 0.3) is 5.91 Å². The second-order valence-corrected chi connectivity index (χ2v) is 7.15. The minimum absolute atomic E-state index is 0.109. The van der Waals surface area contributed by atoms with E-state index in [1.54, 1.807) is 28.5 Å². The van der Waals surface area contributed by atoms with Crippen LogP contribution < -0.4 is 10.5 Å². The molecule has 5 nitrogen and oxygen atoms in total. The van der Waals surface area contributed by atoms with Gasteiger partial charge in [0, 0.05) is 24.4 Å². The van der Waals surface area contributed by atoms with Crippen LogP contribution >= 0.6 is 34.5 Å². The number of nitrogens with zero attached hydrogens (tertiary/aromatic N) is 1. The summed E-state index contributed by atoms with van der Waals surface area (Å²) in [5.41, 5.74) is 5.57. The Kier molecular flexibility index (Phi) is 4.99. The van der Waals surface area contributed by atoms with Crippen molar-refractivity contribution in [3.63, 3.8) is 0 Å². The van der Waals surface area contributed by atoms with Crippen molar-refractivity contribution in [3.8, 4) is 5.75 Å². The standard InChI is InChI=1S/C16H14Cl2N2O3S/c17-12-2-1-10(6-13(12)18)23-11-3-4-20(7-11)16(22)14-5-9(8-24-14)15(19)21/h1-2,5-6,8,11H,3-4,7H2,(H2,19,21). The van der Waals surface area contributed by atoms with Gasteiger partial charge in [0.05, 0.1) is 27.0 Å². The van der Waals surface area contributed by atoms with E-state index >= 15 is 0 Å². The summed E-state index contributed by atoms with van der Waals surface area (Å²) in [6.45, 7) is 1.07. The second-order valence-electron chi connectivity index (χ2n) is 5.42. The van der Waals surface area contributed by atoms with Gasteiger partial charge in [0.2, 0.25) is 5.91 Å². The van der Waals surface area contributed by atoms with Crippen LogP contribution in [0.1, 0.15) is 26.5 Å². The molecule has 1 atom stereocenters. The Morgan fingerprint density at radius 2 is 2.04 bits per heavy atom. The molecule has 1 unspecified atom stereocenters. The van der Waals surface area contributed by atoms with Crippen molar-refractivity contribution in [2.75, 3.05) is 13.1 Å². The number of thiophene rings is 1. The monoisotopic (exact) mass is 384 g/mol. The number of rotatable bonds is 4. The number of nitrogens with two attached hydrogens (primary N) is 1. The summed E-state index contributed by atoms with van der Waals surface area (Å²) < 4.78 is 5.86. The maximum atomic E-state index is 12.5. The number of likely N-dealkylation sites (tertiary alicyclic amines) is 1. The number of ether oxygens (including phenoxy) is 1. The van der Waals surface area contributed by atoms with Crippen LogP contribution in [-0.2, 0) is 0 Å². The lowest BCUT2D eigenvalue weighted by Gasteiger charge is -2.16. The number of halogens is 2. The van der Waals surface area contributed by atoms with E-state index in [1.165, 1.54) is 17.4 Å². The minimum Gasteiger partial charge on any atom is -0.488 e. The van der Waals surface area contributed by atoms with Crippen LogP contribution in [0.25, 0.3) is 0 Å². The summed E-state index contributed by atoms with van der Waals surface area (Å²) in [5.74, 6) is -0.0314. The Balaban J connectivity index is 1.62. The first kappa shape index (κ1) is 17.1. The van der Waals surface area contributed by atoms with Crippen LogP contribution in [-0.4, -0.2) is 35.9 Å². The van der Waals surface area contributed by atoms with Gasteiger partial charge in [0.15, 0.2) is 0 Å². The number of primary amides is 1. The fraction of sp³-hybridized carbons (Fsp3) is 0.250. The van der Waals surface area contributed by atoms with Crippen LogP contribution in [0.3, 0.4) is 0 Å². The van der Waals surface area contributed by atoms with E-state index in [4.69, 9.17) is 33.7 Å². The molecule has 1 aromatic carbocycles. The van der Waals surface area contributed by atoms with Crippen LogP contribution in [0.15, 0.2) is 29.6 Å². The first-order valence-electron chi connectivity index (χ1n) is 7.23. The maximum Gasteiger partial charge on any atom is 0.264 e. The van der Waals surface area contributed by atoms with Crippen LogP contribution in [0.4, 0.5) is 0 Å². The van der Waals surface area contributed by atoms with Gasteiger partial charge in [-0.25, -0.2) is 0 Å². The van der Waals surface area contributed by atoms with E-state index in [0.717, 1.165) is 6.42 Å². The summed E-state index contributed by atoms with van der Waals surface area (Å²) in [6, 6.07) is 6.61. The van der Waals surface area contributed by atoms with Crippen molar-refractivity contribution in [2.45, 2.75) is 12.5 Å². The Bertz CT molecular complexity index is 793. The first-order valence-corrected chi connectivity index (χ1v) is 8.87. The number of amides is 2. The highest BCUT2D eigenvalue weighted by atomic mass is 35.5. The lowest BCUT2D eigenvalue weighted by molar-refractivity contribution is 0.0777. The summed E-state index contributed by atoms with van der Waals surface area (Å²) >= 11 is 13.1. The van der Waals surface area contributed by atoms with Crippen LogP contribution in [0.5, 0.6) is 5.75 Å². The molecule has 0 spiro atoms. The average Bonchev–Trinajstić information content (AvgIpc) is 3.20. The molecule has 126 valence electrons. The first-order chi connectivity index (χ1) is 11.4. The van der Waals surface area contributed by atoms with Crippen molar-refractivity contribution in [1.82, 2.24) is 4.90 Å². The highest BCUT2D eigenvalue weighted by Crippen LogP contribution is 2.28. The number of carbonyl (C=O) groups is 2. The smallest absolute Gasteiger partial charge is 0.264 e. The Morgan fingerprint density at radius 3 is 2.71 bits per heavy atom. The average molecular weight is 385 g/mol. The molecule has 1 aliphatic rings. The van der Waals surface area contributed by atoms with Crippen molar-refractivity contribution in [3.05, 3.63) is 50.1 Å². The minimum atomic E-state index is -0.535. The normalized spacial score (nSPS) is 17.1. The highest BCUT2D eigenvalue weighted by Gasteiger charge is 2.29. The number of hydrogen-bond donors (Lipinski definition) is 1. The molecular weight excluding hydrogens is 371 g/mol. The molecule has 1 fully saturated rings. The molecule has 24 heavy (non-hydrogen) atoms. The molecule has 3 rings (SSSR count). The Hall–Kier alpha value is -1.76. The lowest BCUT2D eigenvalue weighted by atomic mass is 10.3. The molecule has 0 aliphatic carbocycles. The van der Waals surface area contributed by atoms with E-state index in [1.807, 2.05) is 0 Å². The number of hydrogen-bond acceptors (Lipinski definition) is 4. The molecule has 1 aromatic heterocycles. The molecule has 0 bridgehead atoms. The molecule has 0 radical (unpaired) electrons. The quantitative estimate of drug-likeness (QED) is 0.876. The molecule has 0 saturated carbocycles. The zero-order valence-electron chi connectivity index (χ0n) is 12.5. The summed E-state index contributed by atoms with van der Waals surface area (Å²) in [5, 5.41) is 2.49. The van der Waals surface area contributed by atoms with E-state index in [2.05, 4.69) is 0 Å². The molecule has 8 heteroatoms. The third kappa shape index (κ3) is 3.66. The van der Waals surface area contributed by atoms with Crippen LogP contribution in [0.2, 0.25) is 10.0 Å². The predicted molar refractivity (Wildman–Crippen MR) is 94.2 cm³/mol. The topological polar surface area (TPSA) is 72.6 Å². The van der Waals surface area contributed by atoms with Crippen molar-refractivity contribution < 1.29 is 14.3 Å². The summed E-state index contributed by atoms with van der Waals surface area (Å²) in [6.07, 6.45) is 0.613. The van der Waals surface area contributed by atoms with Gasteiger partial charge in [-0.2, -0.15) is 0 Å². The summed E-state index contributed by atoms with van der Waals surface area (Å²) in [7, 11) is 0. The predicted octanol–water partition coefficient (Wildman–Crippen LogP) is 3.45. The fourth-order valence-corrected chi connectivity index (χ4v) is 3.64. The largest absolute Gasteiger partial charge is 0.488 e. The zero-order chi connectivity index (χ0) is 17.3. The molecule has 2 heterocycles. The van der Waals surface area contributed by atoms with Gasteiger partial charge in [-0.05, 0) is 18.2 Å². The fourth-order valence-electron chi connectivity index (χ4n) is 2.48. The van der Waals surface area contributed by atoms with Gasteiger partial charge >= 0.3 is 0 Å². The van der Waals surface area contributed by atoms with Crippen LogP contribution in [0, 0.1) is 0 Å². The van der Waals surface area contributed by atoms with E-state index in [9.17, 15) is 9.59 Å². The van der Waals surface area contributed by atoms with Gasteiger partial charge < -0.3 is 15.4 Å². The highest BCUT2D eigenvalue weighted by molar-refractivity contribution is 7.12. The third-order valence-corrected chi connectivity index (χ3v) is 5.38. The Morgan fingerprint density at radius 1 is 1.25 bits per heavy atom. The molecule has 2 N–H and O–H groups in total. The van der Waals surface area contributed by atoms with Gasteiger partial charge in [0.1, 0.15) is 11.9 Å². The molecule has 1 saturated heterocycles. The second kappa shape index (κ2) is 7.01. The van der Waals surface area contributed by atoms with Gasteiger partial charge in [-0.3, -0.25) is 9.59 Å². The molecule has 2 aromatic rings. The van der Waals surface area contributed by atoms with Crippen molar-refractivity contribution in [1.29, 1.82) is 0 Å². The SMILES string of the molecule is NC(=O)c1csc(C(=O)N2CCC(Oc3ccc(Cl)c(Cl)c3)C2)c1. The van der Waals surface area contributed by atoms with Crippen molar-refractivity contribution >= 4 is 46.4 Å². The summed E-state index contributed by atoms with van der Waals surface area (Å²) in [4.78, 5) is 25.8. The molecule has 1 aliphatic heterocycles. The van der Waals surface area contributed by atoms with E-state index in [0.29, 0.717) is 39.3 Å².